The van der Waals surface area contributed by atoms with Gasteiger partial charge in [0.15, 0.2) is 11.6 Å². The molecule has 0 aliphatic carbocycles. The fourth-order valence-corrected chi connectivity index (χ4v) is 1.35. The Kier molecular flexibility index (Phi) is 5.03. The van der Waals surface area contributed by atoms with Crippen molar-refractivity contribution < 1.29 is 18.6 Å². The number of nitrogen functional groups attached to an aromatic ring is 1. The van der Waals surface area contributed by atoms with E-state index in [1.54, 1.807) is 6.92 Å². The predicted molar refractivity (Wildman–Crippen MR) is 63.9 cm³/mol. The molecule has 5 heteroatoms. The van der Waals surface area contributed by atoms with Crippen molar-refractivity contribution in [3.05, 3.63) is 17.9 Å². The third-order valence-electron chi connectivity index (χ3n) is 2.17. The molecule has 0 spiro atoms. The summed E-state index contributed by atoms with van der Waals surface area (Å²) in [4.78, 5) is 0. The van der Waals surface area contributed by atoms with E-state index in [-0.39, 0.29) is 17.5 Å². The average Bonchev–Trinajstić information content (AvgIpc) is 2.30. The largest absolute Gasteiger partial charge is 0.494 e. The van der Waals surface area contributed by atoms with Gasteiger partial charge in [0.25, 0.3) is 0 Å². The van der Waals surface area contributed by atoms with E-state index in [1.165, 1.54) is 19.2 Å². The molecule has 0 saturated carbocycles. The maximum absolute atomic E-state index is 13.5. The zero-order valence-electron chi connectivity index (χ0n) is 10.3. The van der Waals surface area contributed by atoms with Crippen molar-refractivity contribution in [1.82, 2.24) is 0 Å². The fourth-order valence-electron chi connectivity index (χ4n) is 1.35. The van der Waals surface area contributed by atoms with Gasteiger partial charge in [-0.1, -0.05) is 0 Å². The summed E-state index contributed by atoms with van der Waals surface area (Å²) >= 11 is 0. The van der Waals surface area contributed by atoms with Crippen LogP contribution in [0.4, 0.5) is 10.1 Å². The molecule has 1 rings (SSSR count). The maximum Gasteiger partial charge on any atom is 0.167 e. The predicted octanol–water partition coefficient (Wildman–Crippen LogP) is 2.22. The van der Waals surface area contributed by atoms with Gasteiger partial charge < -0.3 is 19.9 Å². The molecule has 0 bridgehead atoms. The summed E-state index contributed by atoms with van der Waals surface area (Å²) < 4.78 is 29.1. The number of nitrogens with two attached hydrogens (primary N) is 1. The van der Waals surface area contributed by atoms with Crippen LogP contribution in [0.1, 0.15) is 13.8 Å². The van der Waals surface area contributed by atoms with Gasteiger partial charge in [0.2, 0.25) is 0 Å². The minimum Gasteiger partial charge on any atom is -0.494 e. The summed E-state index contributed by atoms with van der Waals surface area (Å²) in [5, 5.41) is 0. The maximum atomic E-state index is 13.5. The van der Waals surface area contributed by atoms with Gasteiger partial charge in [0, 0.05) is 18.7 Å². The highest BCUT2D eigenvalue weighted by Crippen LogP contribution is 2.30. The Morgan fingerprint density at radius 1 is 1.35 bits per heavy atom. The van der Waals surface area contributed by atoms with Crippen LogP contribution in [-0.2, 0) is 4.74 Å². The van der Waals surface area contributed by atoms with Crippen LogP contribution in [0, 0.1) is 5.82 Å². The Hall–Kier alpha value is -1.49. The number of hydrogen-bond acceptors (Lipinski definition) is 4. The SMILES string of the molecule is CCOCC(C)Oc1cc(OC)c(N)cc1F. The third kappa shape index (κ3) is 3.78. The van der Waals surface area contributed by atoms with Crippen molar-refractivity contribution in [2.75, 3.05) is 26.1 Å². The summed E-state index contributed by atoms with van der Waals surface area (Å²) in [5.41, 5.74) is 5.81. The van der Waals surface area contributed by atoms with E-state index in [0.29, 0.717) is 19.0 Å². The fraction of sp³-hybridized carbons (Fsp3) is 0.500. The van der Waals surface area contributed by atoms with Crippen LogP contribution in [0.15, 0.2) is 12.1 Å². The standard InChI is InChI=1S/C12H18FNO3/c1-4-16-7-8(2)17-11-6-12(15-3)10(14)5-9(11)13/h5-6,8H,4,7,14H2,1-3H3. The van der Waals surface area contributed by atoms with E-state index in [2.05, 4.69) is 0 Å². The van der Waals surface area contributed by atoms with Gasteiger partial charge in [-0.3, -0.25) is 0 Å². The van der Waals surface area contributed by atoms with Gasteiger partial charge in [-0.2, -0.15) is 0 Å². The Morgan fingerprint density at radius 2 is 2.06 bits per heavy atom. The molecule has 1 aromatic carbocycles. The topological polar surface area (TPSA) is 53.7 Å². The van der Waals surface area contributed by atoms with Gasteiger partial charge in [0.05, 0.1) is 19.4 Å². The zero-order chi connectivity index (χ0) is 12.8. The van der Waals surface area contributed by atoms with Crippen molar-refractivity contribution in [2.45, 2.75) is 20.0 Å². The Morgan fingerprint density at radius 3 is 2.65 bits per heavy atom. The van der Waals surface area contributed by atoms with E-state index < -0.39 is 5.82 Å². The minimum atomic E-state index is -0.508. The highest BCUT2D eigenvalue weighted by molar-refractivity contribution is 5.56. The second kappa shape index (κ2) is 6.30. The first-order valence-electron chi connectivity index (χ1n) is 5.45. The minimum absolute atomic E-state index is 0.114. The van der Waals surface area contributed by atoms with Crippen LogP contribution in [0.5, 0.6) is 11.5 Å². The molecule has 2 N–H and O–H groups in total. The van der Waals surface area contributed by atoms with Crippen LogP contribution < -0.4 is 15.2 Å². The summed E-state index contributed by atoms with van der Waals surface area (Å²) in [7, 11) is 1.47. The molecular weight excluding hydrogens is 225 g/mol. The van der Waals surface area contributed by atoms with Crippen molar-refractivity contribution in [1.29, 1.82) is 0 Å². The van der Waals surface area contributed by atoms with Gasteiger partial charge in [-0.15, -0.1) is 0 Å². The molecule has 1 aromatic rings. The van der Waals surface area contributed by atoms with Crippen molar-refractivity contribution in [3.63, 3.8) is 0 Å². The molecule has 0 aliphatic rings. The van der Waals surface area contributed by atoms with Gasteiger partial charge >= 0.3 is 0 Å². The first kappa shape index (κ1) is 13.6. The molecule has 0 fully saturated rings. The third-order valence-corrected chi connectivity index (χ3v) is 2.17. The summed E-state index contributed by atoms with van der Waals surface area (Å²) in [6.07, 6.45) is -0.238. The van der Waals surface area contributed by atoms with Crippen LogP contribution >= 0.6 is 0 Å². The Balaban J connectivity index is 2.76. The van der Waals surface area contributed by atoms with E-state index >= 15 is 0 Å². The first-order chi connectivity index (χ1) is 8.08. The molecule has 0 aliphatic heterocycles. The average molecular weight is 243 g/mol. The molecule has 0 heterocycles. The number of hydrogen-bond donors (Lipinski definition) is 1. The van der Waals surface area contributed by atoms with E-state index in [9.17, 15) is 4.39 Å². The molecule has 1 unspecified atom stereocenters. The van der Waals surface area contributed by atoms with Gasteiger partial charge in [-0.05, 0) is 13.8 Å². The number of halogens is 1. The van der Waals surface area contributed by atoms with E-state index in [0.717, 1.165) is 0 Å². The lowest BCUT2D eigenvalue weighted by Crippen LogP contribution is -2.19. The summed E-state index contributed by atoms with van der Waals surface area (Å²) in [6.45, 7) is 4.70. The Bertz CT molecular complexity index is 371. The normalized spacial score (nSPS) is 12.2. The summed E-state index contributed by atoms with van der Waals surface area (Å²) in [5.74, 6) is -0.0000820. The lowest BCUT2D eigenvalue weighted by atomic mass is 10.2. The number of anilines is 1. The number of methoxy groups -OCH3 is 1. The molecule has 0 saturated heterocycles. The van der Waals surface area contributed by atoms with Gasteiger partial charge in [0.1, 0.15) is 11.9 Å². The molecule has 0 amide bonds. The van der Waals surface area contributed by atoms with Crippen molar-refractivity contribution in [3.8, 4) is 11.5 Å². The summed E-state index contributed by atoms with van der Waals surface area (Å²) in [6, 6.07) is 2.62. The molecular formula is C12H18FNO3. The van der Waals surface area contributed by atoms with Crippen molar-refractivity contribution >= 4 is 5.69 Å². The number of benzene rings is 1. The van der Waals surface area contributed by atoms with Crippen LogP contribution in [0.25, 0.3) is 0 Å². The first-order valence-corrected chi connectivity index (χ1v) is 5.45. The smallest absolute Gasteiger partial charge is 0.167 e. The van der Waals surface area contributed by atoms with Crippen LogP contribution in [0.3, 0.4) is 0 Å². The highest BCUT2D eigenvalue weighted by atomic mass is 19.1. The molecule has 4 nitrogen and oxygen atoms in total. The second-order valence-corrected chi connectivity index (χ2v) is 3.61. The molecule has 0 radical (unpaired) electrons. The second-order valence-electron chi connectivity index (χ2n) is 3.61. The van der Waals surface area contributed by atoms with Gasteiger partial charge in [-0.25, -0.2) is 4.39 Å². The Labute approximate surface area is 100 Å². The molecule has 0 aromatic heterocycles. The lowest BCUT2D eigenvalue weighted by Gasteiger charge is -2.16. The van der Waals surface area contributed by atoms with Crippen LogP contribution in [-0.4, -0.2) is 26.4 Å². The number of ether oxygens (including phenoxy) is 3. The van der Waals surface area contributed by atoms with E-state index in [1.807, 2.05) is 6.92 Å². The molecule has 1 atom stereocenters. The monoisotopic (exact) mass is 243 g/mol. The number of rotatable bonds is 6. The zero-order valence-corrected chi connectivity index (χ0v) is 10.3. The molecule has 96 valence electrons. The highest BCUT2D eigenvalue weighted by Gasteiger charge is 2.12. The quantitative estimate of drug-likeness (QED) is 0.778. The van der Waals surface area contributed by atoms with Crippen LogP contribution in [0.2, 0.25) is 0 Å². The van der Waals surface area contributed by atoms with E-state index in [4.69, 9.17) is 19.9 Å². The lowest BCUT2D eigenvalue weighted by molar-refractivity contribution is 0.0635. The molecule has 17 heavy (non-hydrogen) atoms. The van der Waals surface area contributed by atoms with Crippen molar-refractivity contribution in [2.24, 2.45) is 0 Å².